The third-order valence-corrected chi connectivity index (χ3v) is 2.89. The van der Waals surface area contributed by atoms with Gasteiger partial charge in [-0.25, -0.2) is 4.98 Å². The quantitative estimate of drug-likeness (QED) is 0.795. The van der Waals surface area contributed by atoms with E-state index >= 15 is 0 Å². The van der Waals surface area contributed by atoms with Gasteiger partial charge in [-0.15, -0.1) is 0 Å². The number of pyridine rings is 1. The van der Waals surface area contributed by atoms with Gasteiger partial charge in [-0.1, -0.05) is 19.9 Å². The van der Waals surface area contributed by atoms with E-state index in [0.29, 0.717) is 11.6 Å². The predicted molar refractivity (Wildman–Crippen MR) is 79.4 cm³/mol. The third-order valence-electron chi connectivity index (χ3n) is 2.89. The molecule has 1 heterocycles. The van der Waals surface area contributed by atoms with Crippen LogP contribution in [0.4, 0.5) is 5.82 Å². The van der Waals surface area contributed by atoms with E-state index in [1.165, 1.54) is 0 Å². The van der Waals surface area contributed by atoms with E-state index < -0.39 is 0 Å². The molecule has 1 aromatic heterocycles. The number of hydrogen-bond acceptors (Lipinski definition) is 3. The zero-order valence-electron chi connectivity index (χ0n) is 12.4. The normalized spacial score (nSPS) is 12.3. The molecule has 0 bridgehead atoms. The monoisotopic (exact) mass is 263 g/mol. The standard InChI is InChI=1S/C15H25N3O/c1-5-16-14-8-6-7-13(18-14)15(19)17-12(4)10-9-11(2)3/h6-8,11-12H,5,9-10H2,1-4H3,(H,16,18)(H,17,19). The molecule has 0 radical (unpaired) electrons. The fourth-order valence-electron chi connectivity index (χ4n) is 1.79. The van der Waals surface area contributed by atoms with Crippen LogP contribution in [0.3, 0.4) is 0 Å². The highest BCUT2D eigenvalue weighted by Gasteiger charge is 2.11. The second-order valence-corrected chi connectivity index (χ2v) is 5.28. The van der Waals surface area contributed by atoms with Crippen LogP contribution in [0.5, 0.6) is 0 Å². The maximum Gasteiger partial charge on any atom is 0.270 e. The van der Waals surface area contributed by atoms with Gasteiger partial charge in [0.1, 0.15) is 11.5 Å². The van der Waals surface area contributed by atoms with Gasteiger partial charge in [-0.3, -0.25) is 4.79 Å². The van der Waals surface area contributed by atoms with Gasteiger partial charge in [0.05, 0.1) is 0 Å². The van der Waals surface area contributed by atoms with Crippen LogP contribution >= 0.6 is 0 Å². The Kier molecular flexibility index (Phi) is 6.33. The molecule has 0 saturated carbocycles. The van der Waals surface area contributed by atoms with Gasteiger partial charge in [-0.05, 0) is 44.7 Å². The van der Waals surface area contributed by atoms with Crippen molar-refractivity contribution in [2.45, 2.75) is 46.6 Å². The highest BCUT2D eigenvalue weighted by molar-refractivity contribution is 5.92. The van der Waals surface area contributed by atoms with E-state index in [-0.39, 0.29) is 11.9 Å². The minimum Gasteiger partial charge on any atom is -0.370 e. The summed E-state index contributed by atoms with van der Waals surface area (Å²) in [5, 5.41) is 6.10. The predicted octanol–water partition coefficient (Wildman–Crippen LogP) is 3.07. The van der Waals surface area contributed by atoms with E-state index in [2.05, 4.69) is 29.5 Å². The number of hydrogen-bond donors (Lipinski definition) is 2. The maximum atomic E-state index is 12.1. The zero-order valence-corrected chi connectivity index (χ0v) is 12.4. The van der Waals surface area contributed by atoms with Crippen molar-refractivity contribution >= 4 is 11.7 Å². The first kappa shape index (κ1) is 15.5. The Hall–Kier alpha value is -1.58. The average Bonchev–Trinajstić information content (AvgIpc) is 2.37. The summed E-state index contributed by atoms with van der Waals surface area (Å²) in [6.07, 6.45) is 2.11. The van der Waals surface area contributed by atoms with Crippen LogP contribution in [0.15, 0.2) is 18.2 Å². The maximum absolute atomic E-state index is 12.1. The van der Waals surface area contributed by atoms with Gasteiger partial charge in [0.2, 0.25) is 0 Å². The van der Waals surface area contributed by atoms with Crippen molar-refractivity contribution in [3.05, 3.63) is 23.9 Å². The largest absolute Gasteiger partial charge is 0.370 e. The first-order valence-corrected chi connectivity index (χ1v) is 7.04. The van der Waals surface area contributed by atoms with Crippen LogP contribution < -0.4 is 10.6 Å². The van der Waals surface area contributed by atoms with Crippen LogP contribution in [-0.4, -0.2) is 23.5 Å². The molecule has 0 aliphatic heterocycles. The van der Waals surface area contributed by atoms with Gasteiger partial charge in [0.25, 0.3) is 5.91 Å². The highest BCUT2D eigenvalue weighted by Crippen LogP contribution is 2.08. The fourth-order valence-corrected chi connectivity index (χ4v) is 1.79. The Morgan fingerprint density at radius 2 is 2.00 bits per heavy atom. The molecule has 0 saturated heterocycles. The number of aromatic nitrogens is 1. The summed E-state index contributed by atoms with van der Waals surface area (Å²) >= 11 is 0. The van der Waals surface area contributed by atoms with Crippen molar-refractivity contribution in [2.75, 3.05) is 11.9 Å². The first-order valence-electron chi connectivity index (χ1n) is 7.04. The summed E-state index contributed by atoms with van der Waals surface area (Å²) in [6.45, 7) is 9.21. The van der Waals surface area contributed by atoms with E-state index in [0.717, 1.165) is 25.2 Å². The van der Waals surface area contributed by atoms with E-state index in [1.807, 2.05) is 26.0 Å². The molecule has 1 atom stereocenters. The third kappa shape index (κ3) is 5.73. The summed E-state index contributed by atoms with van der Waals surface area (Å²) < 4.78 is 0. The molecule has 1 rings (SSSR count). The summed E-state index contributed by atoms with van der Waals surface area (Å²) in [5.41, 5.74) is 0.467. The van der Waals surface area contributed by atoms with Crippen molar-refractivity contribution in [3.63, 3.8) is 0 Å². The Balaban J connectivity index is 2.55. The zero-order chi connectivity index (χ0) is 14.3. The van der Waals surface area contributed by atoms with Crippen LogP contribution in [0.2, 0.25) is 0 Å². The summed E-state index contributed by atoms with van der Waals surface area (Å²) in [4.78, 5) is 16.3. The van der Waals surface area contributed by atoms with Crippen LogP contribution in [0, 0.1) is 5.92 Å². The number of nitrogens with one attached hydrogen (secondary N) is 2. The van der Waals surface area contributed by atoms with Crippen molar-refractivity contribution in [1.29, 1.82) is 0 Å². The highest BCUT2D eigenvalue weighted by atomic mass is 16.1. The minimum atomic E-state index is -0.101. The molecule has 19 heavy (non-hydrogen) atoms. The molecule has 4 heteroatoms. The molecular formula is C15H25N3O. The van der Waals surface area contributed by atoms with Gasteiger partial charge in [0, 0.05) is 12.6 Å². The molecule has 4 nitrogen and oxygen atoms in total. The molecule has 0 fully saturated rings. The number of carbonyl (C=O) groups excluding carboxylic acids is 1. The fraction of sp³-hybridized carbons (Fsp3) is 0.600. The molecular weight excluding hydrogens is 238 g/mol. The molecule has 2 N–H and O–H groups in total. The van der Waals surface area contributed by atoms with Crippen molar-refractivity contribution < 1.29 is 4.79 Å². The number of carbonyl (C=O) groups is 1. The molecule has 1 unspecified atom stereocenters. The summed E-state index contributed by atoms with van der Waals surface area (Å²) in [5.74, 6) is 1.30. The second kappa shape index (κ2) is 7.77. The molecule has 1 aromatic rings. The molecule has 1 amide bonds. The van der Waals surface area contributed by atoms with Gasteiger partial charge in [-0.2, -0.15) is 0 Å². The van der Waals surface area contributed by atoms with Crippen molar-refractivity contribution in [2.24, 2.45) is 5.92 Å². The van der Waals surface area contributed by atoms with Crippen LogP contribution in [0.1, 0.15) is 51.0 Å². The molecule has 0 spiro atoms. The minimum absolute atomic E-state index is 0.101. The smallest absolute Gasteiger partial charge is 0.270 e. The van der Waals surface area contributed by atoms with Gasteiger partial charge in [0.15, 0.2) is 0 Å². The summed E-state index contributed by atoms with van der Waals surface area (Å²) in [6, 6.07) is 5.63. The Morgan fingerprint density at radius 1 is 1.26 bits per heavy atom. The Bertz CT molecular complexity index is 404. The van der Waals surface area contributed by atoms with Crippen LogP contribution in [0.25, 0.3) is 0 Å². The van der Waals surface area contributed by atoms with Gasteiger partial charge >= 0.3 is 0 Å². The summed E-state index contributed by atoms with van der Waals surface area (Å²) in [7, 11) is 0. The molecule has 0 aliphatic carbocycles. The van der Waals surface area contributed by atoms with E-state index in [4.69, 9.17) is 0 Å². The number of anilines is 1. The number of rotatable bonds is 7. The average molecular weight is 263 g/mol. The number of nitrogens with zero attached hydrogens (tertiary/aromatic N) is 1. The topological polar surface area (TPSA) is 54.0 Å². The molecule has 0 aromatic carbocycles. The lowest BCUT2D eigenvalue weighted by Crippen LogP contribution is -2.33. The van der Waals surface area contributed by atoms with Crippen molar-refractivity contribution in [1.82, 2.24) is 10.3 Å². The second-order valence-electron chi connectivity index (χ2n) is 5.28. The SMILES string of the molecule is CCNc1cccc(C(=O)NC(C)CCC(C)C)n1. The number of amides is 1. The molecule has 106 valence electrons. The Labute approximate surface area is 116 Å². The van der Waals surface area contributed by atoms with Crippen molar-refractivity contribution in [3.8, 4) is 0 Å². The first-order chi connectivity index (χ1) is 9.02. The van der Waals surface area contributed by atoms with E-state index in [9.17, 15) is 4.79 Å². The molecule has 0 aliphatic rings. The lowest BCUT2D eigenvalue weighted by molar-refractivity contribution is 0.0932. The Morgan fingerprint density at radius 3 is 2.63 bits per heavy atom. The van der Waals surface area contributed by atoms with Gasteiger partial charge < -0.3 is 10.6 Å². The van der Waals surface area contributed by atoms with Crippen LogP contribution in [-0.2, 0) is 0 Å². The lowest BCUT2D eigenvalue weighted by atomic mass is 10.0. The van der Waals surface area contributed by atoms with E-state index in [1.54, 1.807) is 6.07 Å². The lowest BCUT2D eigenvalue weighted by Gasteiger charge is -2.15.